The molecule has 0 aromatic carbocycles. The monoisotopic (exact) mass is 291 g/mol. The minimum absolute atomic E-state index is 0.149. The molecule has 18 heavy (non-hydrogen) atoms. The largest absolute Gasteiger partial charge is 0.756 e. The third-order valence-corrected chi connectivity index (χ3v) is 2.36. The Bertz CT molecular complexity index is 353. The minimum atomic E-state index is -4.95. The topological polar surface area (TPSA) is 84.9 Å². The van der Waals surface area contributed by atoms with Gasteiger partial charge in [-0.1, -0.05) is 13.5 Å². The molecule has 0 rings (SSSR count). The SMILES string of the molecule is C=C(C(=O)OCOP(=O)([O-])OCCC)C(F)(F)F. The maximum atomic E-state index is 11.9. The highest BCUT2D eigenvalue weighted by atomic mass is 31.2. The van der Waals surface area contributed by atoms with Crippen LogP contribution in [0.5, 0.6) is 0 Å². The standard InChI is InChI=1S/C8H12F3O6P/c1-3-4-16-18(13,14)17-5-15-7(12)6(2)8(9,10)11/h2-5H2,1H3,(H,13,14)/p-1. The van der Waals surface area contributed by atoms with Crippen LogP contribution in [-0.4, -0.2) is 25.5 Å². The van der Waals surface area contributed by atoms with Gasteiger partial charge in [-0.3, -0.25) is 9.09 Å². The summed E-state index contributed by atoms with van der Waals surface area (Å²) in [7, 11) is -4.67. The van der Waals surface area contributed by atoms with Crippen molar-refractivity contribution in [1.82, 2.24) is 0 Å². The number of hydrogen-bond acceptors (Lipinski definition) is 6. The molecule has 10 heteroatoms. The second kappa shape index (κ2) is 6.89. The molecule has 0 saturated carbocycles. The molecule has 0 radical (unpaired) electrons. The van der Waals surface area contributed by atoms with E-state index in [1.807, 2.05) is 0 Å². The smallest absolute Gasteiger partial charge is 0.422 e. The van der Waals surface area contributed by atoms with Crippen LogP contribution in [-0.2, 0) is 23.1 Å². The third kappa shape index (κ3) is 6.75. The van der Waals surface area contributed by atoms with Crippen LogP contribution in [0.3, 0.4) is 0 Å². The van der Waals surface area contributed by atoms with Crippen molar-refractivity contribution < 1.29 is 41.2 Å². The van der Waals surface area contributed by atoms with Gasteiger partial charge in [-0.25, -0.2) is 4.79 Å². The van der Waals surface area contributed by atoms with Crippen LogP contribution in [0, 0.1) is 0 Å². The quantitative estimate of drug-likeness (QED) is 0.306. The van der Waals surface area contributed by atoms with Crippen molar-refractivity contribution in [2.24, 2.45) is 0 Å². The Labute approximate surface area is 101 Å². The number of alkyl halides is 3. The van der Waals surface area contributed by atoms with Gasteiger partial charge in [0.15, 0.2) is 6.79 Å². The number of phosphoric ester groups is 1. The number of hydrogen-bond donors (Lipinski definition) is 0. The molecule has 0 amide bonds. The second-order valence-corrected chi connectivity index (χ2v) is 4.35. The summed E-state index contributed by atoms with van der Waals surface area (Å²) in [6, 6.07) is 0. The number of rotatable bonds is 7. The molecule has 0 fully saturated rings. The Morgan fingerprint density at radius 3 is 2.39 bits per heavy atom. The van der Waals surface area contributed by atoms with E-state index < -0.39 is 32.3 Å². The van der Waals surface area contributed by atoms with Crippen molar-refractivity contribution in [3.8, 4) is 0 Å². The Kier molecular flexibility index (Phi) is 6.55. The zero-order valence-electron chi connectivity index (χ0n) is 9.36. The predicted molar refractivity (Wildman–Crippen MR) is 51.1 cm³/mol. The van der Waals surface area contributed by atoms with Crippen molar-refractivity contribution in [3.63, 3.8) is 0 Å². The molecule has 0 spiro atoms. The molecule has 0 N–H and O–H groups in total. The van der Waals surface area contributed by atoms with Gasteiger partial charge in [-0.05, 0) is 6.42 Å². The lowest BCUT2D eigenvalue weighted by atomic mass is 10.3. The van der Waals surface area contributed by atoms with Crippen LogP contribution in [0.1, 0.15) is 13.3 Å². The van der Waals surface area contributed by atoms with Gasteiger partial charge >= 0.3 is 12.1 Å². The summed E-state index contributed by atoms with van der Waals surface area (Å²) in [6.45, 7) is 2.73. The van der Waals surface area contributed by atoms with E-state index in [-0.39, 0.29) is 6.61 Å². The first-order valence-corrected chi connectivity index (χ1v) is 6.09. The van der Waals surface area contributed by atoms with Gasteiger partial charge in [0.2, 0.25) is 0 Å². The summed E-state index contributed by atoms with van der Waals surface area (Å²) in [4.78, 5) is 21.6. The van der Waals surface area contributed by atoms with Crippen LogP contribution in [0.4, 0.5) is 13.2 Å². The van der Waals surface area contributed by atoms with Crippen LogP contribution < -0.4 is 4.89 Å². The number of carbonyl (C=O) groups is 1. The molecule has 0 aliphatic rings. The minimum Gasteiger partial charge on any atom is -0.756 e. The number of carbonyl (C=O) groups excluding carboxylic acids is 1. The average molecular weight is 291 g/mol. The van der Waals surface area contributed by atoms with E-state index in [9.17, 15) is 27.4 Å². The van der Waals surface area contributed by atoms with Crippen LogP contribution in [0.25, 0.3) is 0 Å². The lowest BCUT2D eigenvalue weighted by molar-refractivity contribution is -0.232. The fourth-order valence-electron chi connectivity index (χ4n) is 0.588. The van der Waals surface area contributed by atoms with Gasteiger partial charge in [-0.2, -0.15) is 13.2 Å². The van der Waals surface area contributed by atoms with E-state index in [4.69, 9.17) is 0 Å². The molecule has 0 aliphatic heterocycles. The fourth-order valence-corrected chi connectivity index (χ4v) is 1.25. The first-order chi connectivity index (χ1) is 8.10. The highest BCUT2D eigenvalue weighted by Gasteiger charge is 2.38. The van der Waals surface area contributed by atoms with Crippen LogP contribution >= 0.6 is 7.82 Å². The summed E-state index contributed by atoms with van der Waals surface area (Å²) >= 11 is 0. The Balaban J connectivity index is 4.09. The van der Waals surface area contributed by atoms with Crippen molar-refractivity contribution in [2.75, 3.05) is 13.4 Å². The summed E-state index contributed by atoms with van der Waals surface area (Å²) in [5, 5.41) is 0. The van der Waals surface area contributed by atoms with Gasteiger partial charge in [0.05, 0.1) is 6.61 Å². The molecule has 0 aliphatic carbocycles. The summed E-state index contributed by atoms with van der Waals surface area (Å²) < 4.78 is 58.9. The van der Waals surface area contributed by atoms with Crippen LogP contribution in [0.2, 0.25) is 0 Å². The average Bonchev–Trinajstić information content (AvgIpc) is 2.23. The molecule has 0 saturated heterocycles. The fraction of sp³-hybridized carbons (Fsp3) is 0.625. The highest BCUT2D eigenvalue weighted by Crippen LogP contribution is 2.38. The Morgan fingerprint density at radius 1 is 1.39 bits per heavy atom. The zero-order chi connectivity index (χ0) is 14.4. The maximum absolute atomic E-state index is 11.9. The molecular weight excluding hydrogens is 280 g/mol. The number of esters is 1. The van der Waals surface area contributed by atoms with Crippen molar-refractivity contribution in [2.45, 2.75) is 19.5 Å². The first-order valence-electron chi connectivity index (χ1n) is 4.63. The van der Waals surface area contributed by atoms with Crippen molar-refractivity contribution in [1.29, 1.82) is 0 Å². The van der Waals surface area contributed by atoms with E-state index in [2.05, 4.69) is 20.4 Å². The Hall–Kier alpha value is -0.890. The molecule has 6 nitrogen and oxygen atoms in total. The van der Waals surface area contributed by atoms with E-state index in [0.29, 0.717) is 6.42 Å². The van der Waals surface area contributed by atoms with Gasteiger partial charge in [0, 0.05) is 0 Å². The molecule has 1 atom stereocenters. The summed E-state index contributed by atoms with van der Waals surface area (Å²) in [5.74, 6) is -1.82. The Morgan fingerprint density at radius 2 is 1.94 bits per heavy atom. The predicted octanol–water partition coefficient (Wildman–Crippen LogP) is 1.52. The van der Waals surface area contributed by atoms with Crippen molar-refractivity contribution in [3.05, 3.63) is 12.2 Å². The van der Waals surface area contributed by atoms with E-state index in [0.717, 1.165) is 0 Å². The van der Waals surface area contributed by atoms with E-state index >= 15 is 0 Å². The molecule has 106 valence electrons. The summed E-state index contributed by atoms with van der Waals surface area (Å²) in [5.41, 5.74) is -1.76. The lowest BCUT2D eigenvalue weighted by Gasteiger charge is -2.22. The highest BCUT2D eigenvalue weighted by molar-refractivity contribution is 7.45. The molecule has 0 aromatic rings. The molecule has 0 aromatic heterocycles. The second-order valence-electron chi connectivity index (χ2n) is 2.94. The molecule has 1 unspecified atom stereocenters. The normalized spacial score (nSPS) is 14.9. The van der Waals surface area contributed by atoms with Crippen molar-refractivity contribution >= 4 is 13.8 Å². The van der Waals surface area contributed by atoms with Gasteiger partial charge in [0.1, 0.15) is 5.57 Å². The number of halogens is 3. The van der Waals surface area contributed by atoms with Gasteiger partial charge in [-0.15, -0.1) is 0 Å². The first kappa shape index (κ1) is 17.1. The van der Waals surface area contributed by atoms with E-state index in [1.165, 1.54) is 0 Å². The lowest BCUT2D eigenvalue weighted by Crippen LogP contribution is -2.22. The van der Waals surface area contributed by atoms with E-state index in [1.54, 1.807) is 6.92 Å². The molecule has 0 bridgehead atoms. The number of ether oxygens (including phenoxy) is 1. The number of phosphoric acid groups is 1. The van der Waals surface area contributed by atoms with Crippen LogP contribution in [0.15, 0.2) is 12.2 Å². The van der Waals surface area contributed by atoms with Gasteiger partial charge < -0.3 is 14.2 Å². The summed E-state index contributed by atoms with van der Waals surface area (Å²) in [6.07, 6.45) is -4.56. The third-order valence-electron chi connectivity index (χ3n) is 1.44. The maximum Gasteiger partial charge on any atom is 0.422 e. The molecular formula is C8H11F3O6P-. The zero-order valence-corrected chi connectivity index (χ0v) is 10.3. The van der Waals surface area contributed by atoms with Gasteiger partial charge in [0.25, 0.3) is 7.82 Å². The molecule has 0 heterocycles.